The van der Waals surface area contributed by atoms with Gasteiger partial charge in [0.15, 0.2) is 0 Å². The Morgan fingerprint density at radius 1 is 0.944 bits per heavy atom. The van der Waals surface area contributed by atoms with Gasteiger partial charge >= 0.3 is 18.2 Å². The molecule has 2 aromatic carbocycles. The number of esters is 1. The molecule has 0 bridgehead atoms. The molecule has 0 aliphatic carbocycles. The molecule has 1 amide bonds. The summed E-state index contributed by atoms with van der Waals surface area (Å²) < 4.78 is 18.1. The van der Waals surface area contributed by atoms with Crippen molar-refractivity contribution in [3.63, 3.8) is 0 Å². The molecule has 36 heavy (non-hydrogen) atoms. The third-order valence-electron chi connectivity index (χ3n) is 6.00. The summed E-state index contributed by atoms with van der Waals surface area (Å²) in [7, 11) is 0. The molecule has 0 fully saturated rings. The van der Waals surface area contributed by atoms with E-state index in [0.717, 1.165) is 16.5 Å². The van der Waals surface area contributed by atoms with Crippen LogP contribution in [0, 0.1) is 0 Å². The molecule has 0 N–H and O–H groups in total. The first kappa shape index (κ1) is 25.3. The Bertz CT molecular complexity index is 1260. The van der Waals surface area contributed by atoms with Crippen molar-refractivity contribution in [2.24, 2.45) is 0 Å². The molecule has 1 atom stereocenters. The fourth-order valence-corrected chi connectivity index (χ4v) is 4.58. The van der Waals surface area contributed by atoms with Gasteiger partial charge in [0.2, 0.25) is 0 Å². The molecular weight excluding hydrogens is 460 g/mol. The van der Waals surface area contributed by atoms with E-state index in [0.29, 0.717) is 24.2 Å². The Labute approximate surface area is 210 Å². The lowest BCUT2D eigenvalue weighted by atomic mass is 9.95. The first-order valence-corrected chi connectivity index (χ1v) is 12.2. The summed E-state index contributed by atoms with van der Waals surface area (Å²) in [5, 5.41) is 0.893. The standard InChI is InChI=1S/C28H32N2O6/c1-5-34-24(31)17-23-25-21(15-16-29(23)26(32)35-18-19-11-7-6-8-12-19)20-13-9-10-14-22(20)30(25)27(33)36-28(2,3)4/h6-14,23H,5,15-18H2,1-4H3. The predicted molar refractivity (Wildman–Crippen MR) is 135 cm³/mol. The third kappa shape index (κ3) is 5.37. The predicted octanol–water partition coefficient (Wildman–Crippen LogP) is 5.61. The zero-order valence-corrected chi connectivity index (χ0v) is 21.2. The number of nitrogens with zero attached hydrogens (tertiary/aromatic N) is 2. The maximum atomic E-state index is 13.4. The average Bonchev–Trinajstić information content (AvgIpc) is 3.17. The Kier molecular flexibility index (Phi) is 7.33. The van der Waals surface area contributed by atoms with Gasteiger partial charge in [-0.15, -0.1) is 0 Å². The molecule has 1 unspecified atom stereocenters. The van der Waals surface area contributed by atoms with Gasteiger partial charge in [0, 0.05) is 11.9 Å². The van der Waals surface area contributed by atoms with Crippen molar-refractivity contribution >= 4 is 29.1 Å². The molecule has 0 saturated heterocycles. The summed E-state index contributed by atoms with van der Waals surface area (Å²) in [6.45, 7) is 7.78. The van der Waals surface area contributed by atoms with Gasteiger partial charge in [0.1, 0.15) is 12.2 Å². The van der Waals surface area contributed by atoms with Gasteiger partial charge in [-0.2, -0.15) is 0 Å². The van der Waals surface area contributed by atoms with Crippen LogP contribution < -0.4 is 0 Å². The number of para-hydroxylation sites is 1. The monoisotopic (exact) mass is 492 g/mol. The average molecular weight is 493 g/mol. The van der Waals surface area contributed by atoms with Gasteiger partial charge in [-0.25, -0.2) is 14.2 Å². The SMILES string of the molecule is CCOC(=O)CC1c2c(c3ccccc3n2C(=O)OC(C)(C)C)CCN1C(=O)OCc1ccccc1. The topological polar surface area (TPSA) is 87.1 Å². The molecule has 4 rings (SSSR count). The molecule has 0 saturated carbocycles. The summed E-state index contributed by atoms with van der Waals surface area (Å²) in [6, 6.07) is 16.2. The molecule has 1 aromatic heterocycles. The molecule has 0 spiro atoms. The van der Waals surface area contributed by atoms with Crippen LogP contribution >= 0.6 is 0 Å². The summed E-state index contributed by atoms with van der Waals surface area (Å²) in [5.74, 6) is -0.461. The van der Waals surface area contributed by atoms with Crippen LogP contribution in [0.3, 0.4) is 0 Å². The van der Waals surface area contributed by atoms with E-state index in [9.17, 15) is 14.4 Å². The van der Waals surface area contributed by atoms with Gasteiger partial charge < -0.3 is 14.2 Å². The van der Waals surface area contributed by atoms with Crippen LogP contribution in [0.15, 0.2) is 54.6 Å². The van der Waals surface area contributed by atoms with Crippen LogP contribution in [0.4, 0.5) is 9.59 Å². The van der Waals surface area contributed by atoms with Gasteiger partial charge in [-0.1, -0.05) is 48.5 Å². The van der Waals surface area contributed by atoms with E-state index < -0.39 is 29.8 Å². The van der Waals surface area contributed by atoms with E-state index >= 15 is 0 Å². The van der Waals surface area contributed by atoms with Crippen molar-refractivity contribution in [2.45, 2.75) is 58.8 Å². The Balaban J connectivity index is 1.76. The fourth-order valence-electron chi connectivity index (χ4n) is 4.58. The van der Waals surface area contributed by atoms with Crippen molar-refractivity contribution in [1.29, 1.82) is 0 Å². The molecule has 8 nitrogen and oxygen atoms in total. The van der Waals surface area contributed by atoms with E-state index in [4.69, 9.17) is 14.2 Å². The highest BCUT2D eigenvalue weighted by Crippen LogP contribution is 2.40. The smallest absolute Gasteiger partial charge is 0.419 e. The van der Waals surface area contributed by atoms with Gasteiger partial charge in [0.25, 0.3) is 0 Å². The van der Waals surface area contributed by atoms with Gasteiger partial charge in [0.05, 0.1) is 30.3 Å². The molecule has 1 aliphatic rings. The summed E-state index contributed by atoms with van der Waals surface area (Å²) >= 11 is 0. The molecular formula is C28H32N2O6. The molecule has 8 heteroatoms. The van der Waals surface area contributed by atoms with Crippen LogP contribution in [0.5, 0.6) is 0 Å². The van der Waals surface area contributed by atoms with Crippen LogP contribution in [0.25, 0.3) is 10.9 Å². The molecule has 1 aliphatic heterocycles. The van der Waals surface area contributed by atoms with E-state index in [1.54, 1.807) is 27.7 Å². The Morgan fingerprint density at radius 2 is 1.64 bits per heavy atom. The second-order valence-corrected chi connectivity index (χ2v) is 9.71. The number of hydrogen-bond acceptors (Lipinski definition) is 6. The fraction of sp³-hybridized carbons (Fsp3) is 0.393. The minimum atomic E-state index is -0.754. The lowest BCUT2D eigenvalue weighted by molar-refractivity contribution is -0.144. The number of ether oxygens (including phenoxy) is 3. The van der Waals surface area contributed by atoms with Crippen LogP contribution in [0.2, 0.25) is 0 Å². The maximum absolute atomic E-state index is 13.4. The van der Waals surface area contributed by atoms with Crippen molar-refractivity contribution in [1.82, 2.24) is 9.47 Å². The number of aromatic nitrogens is 1. The Morgan fingerprint density at radius 3 is 2.33 bits per heavy atom. The zero-order valence-electron chi connectivity index (χ0n) is 21.2. The third-order valence-corrected chi connectivity index (χ3v) is 6.00. The number of hydrogen-bond donors (Lipinski definition) is 0. The van der Waals surface area contributed by atoms with Crippen LogP contribution in [0.1, 0.15) is 57.0 Å². The highest BCUT2D eigenvalue weighted by molar-refractivity contribution is 5.95. The lowest BCUT2D eigenvalue weighted by Gasteiger charge is -2.35. The number of fused-ring (bicyclic) bond motifs is 3. The number of benzene rings is 2. The minimum absolute atomic E-state index is 0.101. The maximum Gasteiger partial charge on any atom is 0.419 e. The first-order chi connectivity index (χ1) is 17.2. The Hall–Kier alpha value is -3.81. The summed E-state index contributed by atoms with van der Waals surface area (Å²) in [6.07, 6.45) is -0.723. The second kappa shape index (κ2) is 10.4. The molecule has 2 heterocycles. The summed E-state index contributed by atoms with van der Waals surface area (Å²) in [4.78, 5) is 40.9. The number of rotatable bonds is 5. The summed E-state index contributed by atoms with van der Waals surface area (Å²) in [5.41, 5.74) is 2.27. The van der Waals surface area contributed by atoms with E-state index in [-0.39, 0.29) is 19.6 Å². The van der Waals surface area contributed by atoms with E-state index in [2.05, 4.69) is 0 Å². The number of carbonyl (C=O) groups is 3. The minimum Gasteiger partial charge on any atom is -0.466 e. The first-order valence-electron chi connectivity index (χ1n) is 12.2. The quantitative estimate of drug-likeness (QED) is 0.340. The van der Waals surface area contributed by atoms with Crippen molar-refractivity contribution < 1.29 is 28.6 Å². The van der Waals surface area contributed by atoms with Crippen molar-refractivity contribution in [3.05, 3.63) is 71.4 Å². The largest absolute Gasteiger partial charge is 0.466 e. The molecule has 3 aromatic rings. The van der Waals surface area contributed by atoms with Gasteiger partial charge in [-0.05, 0) is 51.3 Å². The van der Waals surface area contributed by atoms with E-state index in [1.165, 1.54) is 9.47 Å². The number of carbonyl (C=O) groups excluding carboxylic acids is 3. The van der Waals surface area contributed by atoms with Gasteiger partial charge in [-0.3, -0.25) is 9.69 Å². The van der Waals surface area contributed by atoms with Crippen LogP contribution in [-0.4, -0.2) is 46.4 Å². The zero-order chi connectivity index (χ0) is 25.9. The molecule has 0 radical (unpaired) electrons. The van der Waals surface area contributed by atoms with Crippen molar-refractivity contribution in [3.8, 4) is 0 Å². The van der Waals surface area contributed by atoms with Crippen LogP contribution in [-0.2, 0) is 32.0 Å². The van der Waals surface area contributed by atoms with E-state index in [1.807, 2.05) is 54.6 Å². The normalized spacial score (nSPS) is 15.3. The highest BCUT2D eigenvalue weighted by atomic mass is 16.6. The molecule has 190 valence electrons. The number of amides is 1. The second-order valence-electron chi connectivity index (χ2n) is 9.71. The lowest BCUT2D eigenvalue weighted by Crippen LogP contribution is -2.43. The highest BCUT2D eigenvalue weighted by Gasteiger charge is 2.40. The van der Waals surface area contributed by atoms with Crippen molar-refractivity contribution in [2.75, 3.05) is 13.2 Å².